The Kier molecular flexibility index (Phi) is 4.74. The van der Waals surface area contributed by atoms with Crippen molar-refractivity contribution in [3.05, 3.63) is 0 Å². The fourth-order valence-corrected chi connectivity index (χ4v) is 1.86. The third-order valence-electron chi connectivity index (χ3n) is 3.23. The third kappa shape index (κ3) is 3.65. The lowest BCUT2D eigenvalue weighted by molar-refractivity contribution is 0.283. The average molecular weight is 184 g/mol. The predicted molar refractivity (Wildman–Crippen MR) is 57.9 cm³/mol. The summed E-state index contributed by atoms with van der Waals surface area (Å²) in [4.78, 5) is 0. The van der Waals surface area contributed by atoms with Gasteiger partial charge in [-0.05, 0) is 38.6 Å². The van der Waals surface area contributed by atoms with E-state index in [4.69, 9.17) is 0 Å². The summed E-state index contributed by atoms with van der Waals surface area (Å²) in [5, 5.41) is 7.16. The van der Waals surface area contributed by atoms with E-state index in [2.05, 4.69) is 31.4 Å². The lowest BCUT2D eigenvalue weighted by Crippen LogP contribution is -2.48. The molecule has 0 spiro atoms. The quantitative estimate of drug-likeness (QED) is 0.696. The van der Waals surface area contributed by atoms with Gasteiger partial charge in [0.1, 0.15) is 0 Å². The van der Waals surface area contributed by atoms with Crippen LogP contribution in [0.1, 0.15) is 40.0 Å². The van der Waals surface area contributed by atoms with E-state index in [1.165, 1.54) is 25.8 Å². The molecule has 1 fully saturated rings. The van der Waals surface area contributed by atoms with Crippen molar-refractivity contribution in [1.82, 2.24) is 10.6 Å². The Morgan fingerprint density at radius 1 is 1.54 bits per heavy atom. The highest BCUT2D eigenvalue weighted by Crippen LogP contribution is 2.14. The maximum Gasteiger partial charge on any atom is 0.0218 e. The van der Waals surface area contributed by atoms with Crippen molar-refractivity contribution in [1.29, 1.82) is 0 Å². The molecule has 3 unspecified atom stereocenters. The summed E-state index contributed by atoms with van der Waals surface area (Å²) in [6.45, 7) is 9.19. The molecule has 0 bridgehead atoms. The number of piperidine rings is 1. The van der Waals surface area contributed by atoms with Gasteiger partial charge in [0.25, 0.3) is 0 Å². The normalized spacial score (nSPS) is 31.6. The molecule has 78 valence electrons. The minimum atomic E-state index is 0.663. The zero-order valence-electron chi connectivity index (χ0n) is 9.27. The van der Waals surface area contributed by atoms with Crippen molar-refractivity contribution in [3.63, 3.8) is 0 Å². The highest BCUT2D eigenvalue weighted by Gasteiger charge is 2.20. The first-order valence-corrected chi connectivity index (χ1v) is 5.70. The molecule has 2 heteroatoms. The topological polar surface area (TPSA) is 24.1 Å². The standard InChI is InChI=1S/C11H24N2/c1-4-10(3)13-8-11-9(2)6-5-7-12-11/h9-13H,4-8H2,1-3H3. The van der Waals surface area contributed by atoms with E-state index in [0.717, 1.165) is 12.5 Å². The van der Waals surface area contributed by atoms with Crippen LogP contribution < -0.4 is 10.6 Å². The molecule has 1 saturated heterocycles. The molecule has 0 aliphatic carbocycles. The summed E-state index contributed by atoms with van der Waals surface area (Å²) in [5.74, 6) is 0.838. The molecule has 1 rings (SSSR count). The first kappa shape index (κ1) is 11.0. The number of hydrogen-bond donors (Lipinski definition) is 2. The molecular formula is C11H24N2. The second-order valence-electron chi connectivity index (χ2n) is 4.40. The fraction of sp³-hybridized carbons (Fsp3) is 1.00. The van der Waals surface area contributed by atoms with Crippen molar-refractivity contribution in [2.24, 2.45) is 5.92 Å². The largest absolute Gasteiger partial charge is 0.313 e. The van der Waals surface area contributed by atoms with E-state index in [1.807, 2.05) is 0 Å². The summed E-state index contributed by atoms with van der Waals surface area (Å²) in [6, 6.07) is 1.36. The Morgan fingerprint density at radius 2 is 2.31 bits per heavy atom. The highest BCUT2D eigenvalue weighted by atomic mass is 15.0. The lowest BCUT2D eigenvalue weighted by atomic mass is 9.92. The van der Waals surface area contributed by atoms with Crippen LogP contribution in [0.5, 0.6) is 0 Å². The van der Waals surface area contributed by atoms with E-state index < -0.39 is 0 Å². The van der Waals surface area contributed by atoms with Crippen LogP contribution in [-0.4, -0.2) is 25.2 Å². The molecule has 0 radical (unpaired) electrons. The van der Waals surface area contributed by atoms with Gasteiger partial charge in [0, 0.05) is 18.6 Å². The van der Waals surface area contributed by atoms with Crippen molar-refractivity contribution >= 4 is 0 Å². The second-order valence-corrected chi connectivity index (χ2v) is 4.40. The van der Waals surface area contributed by atoms with Gasteiger partial charge in [-0.2, -0.15) is 0 Å². The molecule has 2 N–H and O–H groups in total. The van der Waals surface area contributed by atoms with Gasteiger partial charge in [0.05, 0.1) is 0 Å². The Labute approximate surface area is 82.5 Å². The van der Waals surface area contributed by atoms with E-state index in [1.54, 1.807) is 0 Å². The predicted octanol–water partition coefficient (Wildman–Crippen LogP) is 1.76. The van der Waals surface area contributed by atoms with E-state index >= 15 is 0 Å². The van der Waals surface area contributed by atoms with Gasteiger partial charge in [-0.1, -0.05) is 13.8 Å². The molecule has 0 aromatic rings. The molecule has 0 saturated carbocycles. The van der Waals surface area contributed by atoms with Crippen LogP contribution in [0.3, 0.4) is 0 Å². The molecular weight excluding hydrogens is 160 g/mol. The maximum absolute atomic E-state index is 3.59. The van der Waals surface area contributed by atoms with Gasteiger partial charge in [-0.15, -0.1) is 0 Å². The molecule has 0 aromatic heterocycles. The van der Waals surface area contributed by atoms with E-state index in [-0.39, 0.29) is 0 Å². The minimum absolute atomic E-state index is 0.663. The molecule has 13 heavy (non-hydrogen) atoms. The molecule has 1 aliphatic rings. The Hall–Kier alpha value is -0.0800. The maximum atomic E-state index is 3.59. The summed E-state index contributed by atoms with van der Waals surface area (Å²) in [7, 11) is 0. The summed E-state index contributed by atoms with van der Waals surface area (Å²) in [6.07, 6.45) is 3.96. The van der Waals surface area contributed by atoms with E-state index in [0.29, 0.717) is 12.1 Å². The average Bonchev–Trinajstić information content (AvgIpc) is 2.16. The van der Waals surface area contributed by atoms with Gasteiger partial charge >= 0.3 is 0 Å². The molecule has 0 amide bonds. The third-order valence-corrected chi connectivity index (χ3v) is 3.23. The van der Waals surface area contributed by atoms with Gasteiger partial charge in [-0.3, -0.25) is 0 Å². The SMILES string of the molecule is CCC(C)NCC1NCCCC1C. The van der Waals surface area contributed by atoms with Crippen LogP contribution in [0, 0.1) is 5.92 Å². The van der Waals surface area contributed by atoms with Crippen LogP contribution >= 0.6 is 0 Å². The zero-order chi connectivity index (χ0) is 9.68. The number of rotatable bonds is 4. The summed E-state index contributed by atoms with van der Waals surface area (Å²) in [5.41, 5.74) is 0. The summed E-state index contributed by atoms with van der Waals surface area (Å²) >= 11 is 0. The zero-order valence-corrected chi connectivity index (χ0v) is 9.27. The fourth-order valence-electron chi connectivity index (χ4n) is 1.86. The Balaban J connectivity index is 2.18. The molecule has 3 atom stereocenters. The lowest BCUT2D eigenvalue weighted by Gasteiger charge is -2.31. The minimum Gasteiger partial charge on any atom is -0.313 e. The van der Waals surface area contributed by atoms with Crippen LogP contribution in [0.15, 0.2) is 0 Å². The van der Waals surface area contributed by atoms with Gasteiger partial charge < -0.3 is 10.6 Å². The van der Waals surface area contributed by atoms with Crippen molar-refractivity contribution < 1.29 is 0 Å². The van der Waals surface area contributed by atoms with Crippen molar-refractivity contribution in [3.8, 4) is 0 Å². The van der Waals surface area contributed by atoms with Crippen LogP contribution in [-0.2, 0) is 0 Å². The Morgan fingerprint density at radius 3 is 2.92 bits per heavy atom. The molecule has 1 heterocycles. The van der Waals surface area contributed by atoms with Gasteiger partial charge in [0.15, 0.2) is 0 Å². The first-order chi connectivity index (χ1) is 6.24. The van der Waals surface area contributed by atoms with Crippen molar-refractivity contribution in [2.75, 3.05) is 13.1 Å². The van der Waals surface area contributed by atoms with Crippen LogP contribution in [0.4, 0.5) is 0 Å². The first-order valence-electron chi connectivity index (χ1n) is 5.70. The molecule has 1 aliphatic heterocycles. The number of hydrogen-bond acceptors (Lipinski definition) is 2. The van der Waals surface area contributed by atoms with E-state index in [9.17, 15) is 0 Å². The highest BCUT2D eigenvalue weighted by molar-refractivity contribution is 4.80. The van der Waals surface area contributed by atoms with Crippen LogP contribution in [0.25, 0.3) is 0 Å². The monoisotopic (exact) mass is 184 g/mol. The van der Waals surface area contributed by atoms with Crippen molar-refractivity contribution in [2.45, 2.75) is 52.1 Å². The summed E-state index contributed by atoms with van der Waals surface area (Å²) < 4.78 is 0. The van der Waals surface area contributed by atoms with Gasteiger partial charge in [0.2, 0.25) is 0 Å². The Bertz CT molecular complexity index is 136. The molecule has 2 nitrogen and oxygen atoms in total. The number of nitrogens with one attached hydrogen (secondary N) is 2. The second kappa shape index (κ2) is 5.61. The smallest absolute Gasteiger partial charge is 0.0218 e. The van der Waals surface area contributed by atoms with Gasteiger partial charge in [-0.25, -0.2) is 0 Å². The molecule has 0 aromatic carbocycles. The van der Waals surface area contributed by atoms with Crippen LogP contribution in [0.2, 0.25) is 0 Å².